The molecule has 0 aromatic rings. The molecule has 7 heteroatoms. The Morgan fingerprint density at radius 1 is 0.893 bits per heavy atom. The second-order valence-electron chi connectivity index (χ2n) is 9.30. The Morgan fingerprint density at radius 2 is 1.39 bits per heavy atom. The smallest absolute Gasteiger partial charge is 0.303 e. The van der Waals surface area contributed by atoms with Crippen LogP contribution in [-0.4, -0.2) is 47.4 Å². The fraction of sp³-hybridized carbons (Fsp3) is 0.857. The average molecular weight is 398 g/mol. The predicted molar refractivity (Wildman–Crippen MR) is 98.8 cm³/mol. The van der Waals surface area contributed by atoms with Crippen molar-refractivity contribution in [3.05, 3.63) is 0 Å². The number of esters is 3. The van der Waals surface area contributed by atoms with Gasteiger partial charge in [-0.1, -0.05) is 27.7 Å². The summed E-state index contributed by atoms with van der Waals surface area (Å²) in [6.07, 6.45) is -6.12. The molecule has 0 aromatic carbocycles. The van der Waals surface area contributed by atoms with E-state index < -0.39 is 71.4 Å². The number of carbonyl (C=O) groups excluding carboxylic acids is 3. The van der Waals surface area contributed by atoms with E-state index in [1.807, 2.05) is 20.8 Å². The molecule has 4 aliphatic rings. The minimum Gasteiger partial charge on any atom is -0.458 e. The molecule has 0 spiro atoms. The van der Waals surface area contributed by atoms with Crippen LogP contribution >= 0.6 is 0 Å². The number of aliphatic hydroxyl groups is 1. The van der Waals surface area contributed by atoms with Gasteiger partial charge in [0.25, 0.3) is 0 Å². The van der Waals surface area contributed by atoms with E-state index >= 15 is 0 Å². The molecule has 4 saturated carbocycles. The molecule has 4 fully saturated rings. The first kappa shape index (κ1) is 18.4. The third kappa shape index (κ3) is 2.85. The Balaban J connectivity index is 2.24. The van der Waals surface area contributed by atoms with Crippen LogP contribution < -0.4 is 0 Å². The van der Waals surface area contributed by atoms with Crippen LogP contribution in [0.4, 0.5) is 0 Å². The molecule has 158 valence electrons. The van der Waals surface area contributed by atoms with E-state index in [0.717, 1.165) is 0 Å². The van der Waals surface area contributed by atoms with Crippen LogP contribution in [0.1, 0.15) is 57.6 Å². The van der Waals surface area contributed by atoms with Crippen LogP contribution in [0.2, 0.25) is 0 Å². The van der Waals surface area contributed by atoms with Crippen molar-refractivity contribution in [2.45, 2.75) is 79.3 Å². The predicted octanol–water partition coefficient (Wildman–Crippen LogP) is 2.09. The fourth-order valence-electron chi connectivity index (χ4n) is 6.48. The Kier molecular flexibility index (Phi) is 4.41. The SMILES string of the molecule is [2H]C1([2H])[C@@H](C)[C@H]2[C@H]3[C@@H]([C@@H]1O)[C@]2(C)[C@H](OC(C)=O)[C@H](OC(C)=O)[C@@H](OC(C)=O)C3(C)C. The number of hydrogen-bond donors (Lipinski definition) is 1. The molecule has 7 nitrogen and oxygen atoms in total. The number of carbonyl (C=O) groups is 3. The number of aliphatic hydroxyl groups excluding tert-OH is 1. The molecule has 0 aliphatic heterocycles. The lowest BCUT2D eigenvalue weighted by Gasteiger charge is -2.70. The Labute approximate surface area is 168 Å². The lowest BCUT2D eigenvalue weighted by molar-refractivity contribution is -0.286. The standard InChI is InChI=1S/C21H32O7/c1-9-8-13(25)15-16-14(9)21(15,7)19(28-12(4)24)17(26-10(2)22)18(20(16,5)6)27-11(3)23/h9,13-19,25H,8H2,1-7H3/t9-,13-,14+,15-,16+,17-,18-,19-,21-/m1/s1/i8D2. The van der Waals surface area contributed by atoms with Crippen molar-refractivity contribution in [1.29, 1.82) is 0 Å². The van der Waals surface area contributed by atoms with Crippen LogP contribution in [-0.2, 0) is 28.6 Å². The summed E-state index contributed by atoms with van der Waals surface area (Å²) in [5.41, 5.74) is -1.63. The number of hydrogen-bond acceptors (Lipinski definition) is 7. The molecule has 0 amide bonds. The van der Waals surface area contributed by atoms with Gasteiger partial charge in [-0.25, -0.2) is 0 Å². The van der Waals surface area contributed by atoms with E-state index in [9.17, 15) is 19.5 Å². The molecule has 1 N–H and O–H groups in total. The van der Waals surface area contributed by atoms with Crippen LogP contribution in [0.5, 0.6) is 0 Å². The van der Waals surface area contributed by atoms with Gasteiger partial charge in [0.2, 0.25) is 0 Å². The van der Waals surface area contributed by atoms with Gasteiger partial charge in [0.05, 0.1) is 6.10 Å². The molecule has 4 aliphatic carbocycles. The number of ether oxygens (including phenoxy) is 3. The van der Waals surface area contributed by atoms with E-state index in [1.54, 1.807) is 6.92 Å². The largest absolute Gasteiger partial charge is 0.458 e. The molecule has 0 aromatic heterocycles. The zero-order valence-electron chi connectivity index (χ0n) is 19.5. The summed E-state index contributed by atoms with van der Waals surface area (Å²) < 4.78 is 33.9. The molecule has 0 unspecified atom stereocenters. The maximum Gasteiger partial charge on any atom is 0.303 e. The van der Waals surface area contributed by atoms with Crippen LogP contribution in [0.3, 0.4) is 0 Å². The Morgan fingerprint density at radius 3 is 1.86 bits per heavy atom. The Bertz CT molecular complexity index is 744. The first-order valence-electron chi connectivity index (χ1n) is 10.8. The highest BCUT2D eigenvalue weighted by Crippen LogP contribution is 2.74. The van der Waals surface area contributed by atoms with Gasteiger partial charge in [-0.3, -0.25) is 14.4 Å². The molecule has 9 atom stereocenters. The summed E-state index contributed by atoms with van der Waals surface area (Å²) in [4.78, 5) is 36.0. The van der Waals surface area contributed by atoms with Gasteiger partial charge in [-0.2, -0.15) is 0 Å². The summed E-state index contributed by atoms with van der Waals surface area (Å²) in [5.74, 6) is -3.39. The summed E-state index contributed by atoms with van der Waals surface area (Å²) in [5, 5.41) is 11.1. The summed E-state index contributed by atoms with van der Waals surface area (Å²) in [7, 11) is 0. The molecule has 0 heterocycles. The van der Waals surface area contributed by atoms with E-state index in [2.05, 4.69) is 0 Å². The van der Waals surface area contributed by atoms with E-state index in [0.29, 0.717) is 0 Å². The van der Waals surface area contributed by atoms with Crippen molar-refractivity contribution < 1.29 is 36.4 Å². The van der Waals surface area contributed by atoms with Crippen molar-refractivity contribution >= 4 is 17.9 Å². The minimum atomic E-state index is -1.82. The normalized spacial score (nSPS) is 48.7. The van der Waals surface area contributed by atoms with Gasteiger partial charge >= 0.3 is 17.9 Å². The summed E-state index contributed by atoms with van der Waals surface area (Å²) in [6, 6.07) is 0. The van der Waals surface area contributed by atoms with Crippen molar-refractivity contribution in [2.75, 3.05) is 0 Å². The van der Waals surface area contributed by atoms with E-state index in [-0.39, 0.29) is 11.8 Å². The van der Waals surface area contributed by atoms with Gasteiger partial charge < -0.3 is 19.3 Å². The third-order valence-electron chi connectivity index (χ3n) is 7.21. The van der Waals surface area contributed by atoms with Crippen molar-refractivity contribution in [3.8, 4) is 0 Å². The molecular weight excluding hydrogens is 364 g/mol. The van der Waals surface area contributed by atoms with Crippen LogP contribution in [0, 0.1) is 34.5 Å². The Hall–Kier alpha value is -1.63. The molecule has 0 radical (unpaired) electrons. The second-order valence-corrected chi connectivity index (χ2v) is 9.30. The zero-order valence-corrected chi connectivity index (χ0v) is 17.5. The molecule has 0 saturated heterocycles. The molecule has 28 heavy (non-hydrogen) atoms. The average Bonchev–Trinajstić information content (AvgIpc) is 2.65. The van der Waals surface area contributed by atoms with Gasteiger partial charge in [-0.15, -0.1) is 0 Å². The molecule has 4 rings (SSSR count). The monoisotopic (exact) mass is 398 g/mol. The second kappa shape index (κ2) is 6.71. The van der Waals surface area contributed by atoms with E-state index in [1.165, 1.54) is 20.8 Å². The lowest BCUT2D eigenvalue weighted by Crippen LogP contribution is -2.72. The van der Waals surface area contributed by atoms with E-state index in [4.69, 9.17) is 17.0 Å². The number of fused-ring (bicyclic) bond motifs is 2. The van der Waals surface area contributed by atoms with Crippen molar-refractivity contribution in [2.24, 2.45) is 34.5 Å². The first-order valence-corrected chi connectivity index (χ1v) is 9.79. The third-order valence-corrected chi connectivity index (χ3v) is 7.21. The zero-order chi connectivity index (χ0) is 23.0. The fourth-order valence-corrected chi connectivity index (χ4v) is 6.48. The van der Waals surface area contributed by atoms with Gasteiger partial charge in [0.1, 0.15) is 12.2 Å². The highest BCUT2D eigenvalue weighted by molar-refractivity contribution is 5.68. The van der Waals surface area contributed by atoms with Crippen LogP contribution in [0.15, 0.2) is 0 Å². The molecule has 4 bridgehead atoms. The lowest BCUT2D eigenvalue weighted by atomic mass is 9.35. The van der Waals surface area contributed by atoms with Gasteiger partial charge in [-0.05, 0) is 30.0 Å². The quantitative estimate of drug-likeness (QED) is 0.574. The highest BCUT2D eigenvalue weighted by atomic mass is 16.6. The van der Waals surface area contributed by atoms with Crippen LogP contribution in [0.25, 0.3) is 0 Å². The van der Waals surface area contributed by atoms with Crippen molar-refractivity contribution in [1.82, 2.24) is 0 Å². The first-order chi connectivity index (χ1) is 13.6. The summed E-state index contributed by atoms with van der Waals surface area (Å²) >= 11 is 0. The van der Waals surface area contributed by atoms with Crippen molar-refractivity contribution in [3.63, 3.8) is 0 Å². The molecular formula is C21H32O7. The minimum absolute atomic E-state index is 0.223. The highest BCUT2D eigenvalue weighted by Gasteiger charge is 2.78. The maximum absolute atomic E-state index is 12.1. The van der Waals surface area contributed by atoms with Gasteiger partial charge in [0, 0.05) is 34.3 Å². The van der Waals surface area contributed by atoms with Gasteiger partial charge in [0.15, 0.2) is 6.10 Å². The number of rotatable bonds is 3. The maximum atomic E-state index is 12.1. The topological polar surface area (TPSA) is 99.1 Å². The summed E-state index contributed by atoms with van der Waals surface area (Å²) in [6.45, 7) is 11.1.